The van der Waals surface area contributed by atoms with Crippen molar-refractivity contribution >= 4 is 31.4 Å². The Hall–Kier alpha value is 0.220. The fraction of sp³-hybridized carbons (Fsp3) is 1.00. The lowest BCUT2D eigenvalue weighted by Gasteiger charge is -2.48. The molecule has 1 heterocycles. The summed E-state index contributed by atoms with van der Waals surface area (Å²) in [6.45, 7) is 6.08. The smallest absolute Gasteiger partial charge is 0.0909 e. The largest absolute Gasteiger partial charge is 0.316 e. The van der Waals surface area contributed by atoms with Crippen LogP contribution in [0.5, 0.6) is 0 Å². The van der Waals surface area contributed by atoms with Crippen LogP contribution in [0.25, 0.3) is 0 Å². The molecule has 2 atom stereocenters. The minimum Gasteiger partial charge on any atom is -0.316 e. The molecule has 0 aliphatic carbocycles. The highest BCUT2D eigenvalue weighted by Gasteiger charge is 2.45. The molecule has 1 nitrogen and oxygen atoms in total. The molecule has 13 heavy (non-hydrogen) atoms. The highest BCUT2D eigenvalue weighted by atomic mass is 15.3. The molecule has 1 aliphatic rings. The SMILES string of the molecule is [B]C1CC([B])C([B])([B])N1C(C)(C)C. The third-order valence-corrected chi connectivity index (χ3v) is 2.56. The predicted octanol–water partition coefficient (Wildman–Crippen LogP) is -0.0670. The van der Waals surface area contributed by atoms with Crippen molar-refractivity contribution in [2.75, 3.05) is 0 Å². The van der Waals surface area contributed by atoms with Gasteiger partial charge in [0.15, 0.2) is 0 Å². The van der Waals surface area contributed by atoms with E-state index in [0.29, 0.717) is 6.42 Å². The molecule has 0 aromatic heterocycles. The van der Waals surface area contributed by atoms with E-state index < -0.39 is 5.34 Å². The summed E-state index contributed by atoms with van der Waals surface area (Å²) in [6.07, 6.45) is 0.643. The summed E-state index contributed by atoms with van der Waals surface area (Å²) in [4.78, 5) is 1.88. The maximum Gasteiger partial charge on any atom is 0.0909 e. The molecule has 0 spiro atoms. The molecule has 1 fully saturated rings. The Kier molecular flexibility index (Phi) is 2.71. The van der Waals surface area contributed by atoms with Crippen LogP contribution in [0.3, 0.4) is 0 Å². The van der Waals surface area contributed by atoms with Crippen molar-refractivity contribution in [1.82, 2.24) is 4.90 Å². The van der Waals surface area contributed by atoms with Crippen LogP contribution in [-0.2, 0) is 0 Å². The monoisotopic (exact) mass is 167 g/mol. The quantitative estimate of drug-likeness (QED) is 0.456. The number of rotatable bonds is 0. The van der Waals surface area contributed by atoms with E-state index in [-0.39, 0.29) is 17.3 Å². The lowest BCUT2D eigenvalue weighted by atomic mass is 9.49. The lowest BCUT2D eigenvalue weighted by Crippen LogP contribution is -2.58. The number of hydrogen-bond donors (Lipinski definition) is 0. The molecule has 2 unspecified atom stereocenters. The van der Waals surface area contributed by atoms with Crippen molar-refractivity contribution in [2.45, 2.75) is 49.8 Å². The minimum atomic E-state index is -0.988. The Bertz CT molecular complexity index is 199. The van der Waals surface area contributed by atoms with Gasteiger partial charge in [-0.05, 0) is 26.7 Å². The van der Waals surface area contributed by atoms with Crippen LogP contribution >= 0.6 is 0 Å². The predicted molar refractivity (Wildman–Crippen MR) is 59.5 cm³/mol. The first-order valence-corrected chi connectivity index (χ1v) is 4.55. The second kappa shape index (κ2) is 3.12. The second-order valence-electron chi connectivity index (χ2n) is 4.84. The van der Waals surface area contributed by atoms with Gasteiger partial charge in [0.05, 0.1) is 31.4 Å². The first-order chi connectivity index (χ1) is 5.67. The van der Waals surface area contributed by atoms with Crippen molar-refractivity contribution in [3.05, 3.63) is 0 Å². The Morgan fingerprint density at radius 1 is 1.23 bits per heavy atom. The molecule has 0 aromatic rings. The van der Waals surface area contributed by atoms with Crippen LogP contribution in [-0.4, -0.2) is 53.1 Å². The molecule has 1 aliphatic heterocycles. The van der Waals surface area contributed by atoms with Crippen molar-refractivity contribution in [3.8, 4) is 0 Å². The van der Waals surface area contributed by atoms with Gasteiger partial charge in [-0.2, -0.15) is 0 Å². The molecule has 62 valence electrons. The van der Waals surface area contributed by atoms with Crippen LogP contribution in [0.15, 0.2) is 0 Å². The summed E-state index contributed by atoms with van der Waals surface area (Å²) < 4.78 is 0. The zero-order valence-corrected chi connectivity index (χ0v) is 8.62. The molecule has 1 rings (SSSR count). The topological polar surface area (TPSA) is 3.24 Å². The van der Waals surface area contributed by atoms with E-state index in [9.17, 15) is 0 Å². The molecular weight excluding hydrogens is 153 g/mol. The molecule has 8 radical (unpaired) electrons. The second-order valence-corrected chi connectivity index (χ2v) is 4.84. The van der Waals surface area contributed by atoms with Crippen LogP contribution in [0, 0.1) is 0 Å². The van der Waals surface area contributed by atoms with Crippen molar-refractivity contribution in [1.29, 1.82) is 0 Å². The van der Waals surface area contributed by atoms with Gasteiger partial charge in [0, 0.05) is 5.54 Å². The van der Waals surface area contributed by atoms with E-state index in [0.717, 1.165) is 0 Å². The third kappa shape index (κ3) is 1.86. The highest BCUT2D eigenvalue weighted by molar-refractivity contribution is 6.45. The molecular formula is C8H13B4N. The van der Waals surface area contributed by atoms with Crippen LogP contribution in [0.1, 0.15) is 27.2 Å². The van der Waals surface area contributed by atoms with Gasteiger partial charge >= 0.3 is 0 Å². The summed E-state index contributed by atoms with van der Waals surface area (Å²) >= 11 is 0. The van der Waals surface area contributed by atoms with Crippen LogP contribution in [0.4, 0.5) is 0 Å². The first kappa shape index (κ1) is 11.3. The summed E-state index contributed by atoms with van der Waals surface area (Å²) in [5.74, 6) is -0.410. The Morgan fingerprint density at radius 3 is 1.85 bits per heavy atom. The fourth-order valence-electron chi connectivity index (χ4n) is 2.10. The Morgan fingerprint density at radius 2 is 1.69 bits per heavy atom. The van der Waals surface area contributed by atoms with E-state index in [2.05, 4.69) is 0 Å². The average molecular weight is 166 g/mol. The Balaban J connectivity index is 2.96. The van der Waals surface area contributed by atoms with E-state index in [4.69, 9.17) is 31.4 Å². The van der Waals surface area contributed by atoms with Gasteiger partial charge in [0.25, 0.3) is 0 Å². The maximum atomic E-state index is 5.94. The van der Waals surface area contributed by atoms with Crippen LogP contribution in [0.2, 0.25) is 5.82 Å². The first-order valence-electron chi connectivity index (χ1n) is 4.55. The van der Waals surface area contributed by atoms with E-state index in [1.807, 2.05) is 25.7 Å². The number of likely N-dealkylation sites (tertiary alicyclic amines) is 1. The normalized spacial score (nSPS) is 35.0. The zero-order valence-electron chi connectivity index (χ0n) is 8.62. The third-order valence-electron chi connectivity index (χ3n) is 2.56. The van der Waals surface area contributed by atoms with Gasteiger partial charge in [-0.15, -0.1) is 0 Å². The van der Waals surface area contributed by atoms with Gasteiger partial charge < -0.3 is 4.90 Å². The minimum absolute atomic E-state index is 0.148. The zero-order chi connectivity index (χ0) is 10.4. The van der Waals surface area contributed by atoms with E-state index in [1.165, 1.54) is 0 Å². The number of hydrogen-bond acceptors (Lipinski definition) is 1. The summed E-state index contributed by atoms with van der Waals surface area (Å²) in [5.41, 5.74) is -0.156. The molecule has 0 saturated carbocycles. The molecule has 0 bridgehead atoms. The lowest BCUT2D eigenvalue weighted by molar-refractivity contribution is 0.122. The molecule has 0 N–H and O–H groups in total. The van der Waals surface area contributed by atoms with Crippen LogP contribution < -0.4 is 0 Å². The van der Waals surface area contributed by atoms with Crippen molar-refractivity contribution in [3.63, 3.8) is 0 Å². The van der Waals surface area contributed by atoms with Gasteiger partial charge in [0.1, 0.15) is 0 Å². The standard InChI is InChI=1S/C8H13B4N/c1-7(2,3)13-6(10)4-5(9)8(13,11)12/h5-6H,4H2,1-3H3. The van der Waals surface area contributed by atoms with E-state index in [1.54, 1.807) is 0 Å². The fourth-order valence-corrected chi connectivity index (χ4v) is 2.10. The van der Waals surface area contributed by atoms with Gasteiger partial charge in [-0.3, -0.25) is 0 Å². The van der Waals surface area contributed by atoms with Gasteiger partial charge in [-0.25, -0.2) is 0 Å². The summed E-state index contributed by atoms with van der Waals surface area (Å²) in [6, 6.07) is 0. The average Bonchev–Trinajstić information content (AvgIpc) is 1.99. The maximum absolute atomic E-state index is 5.94. The van der Waals surface area contributed by atoms with Gasteiger partial charge in [-0.1, -0.05) is 17.6 Å². The van der Waals surface area contributed by atoms with Gasteiger partial charge in [0.2, 0.25) is 0 Å². The molecule has 0 aromatic carbocycles. The summed E-state index contributed by atoms with van der Waals surface area (Å²) in [5, 5.41) is -0.988. The van der Waals surface area contributed by atoms with Crippen molar-refractivity contribution < 1.29 is 0 Å². The number of nitrogens with zero attached hydrogens (tertiary/aromatic N) is 1. The molecule has 0 amide bonds. The Labute approximate surface area is 86.7 Å². The molecule has 5 heteroatoms. The van der Waals surface area contributed by atoms with E-state index >= 15 is 0 Å². The summed E-state index contributed by atoms with van der Waals surface area (Å²) in [7, 11) is 23.6. The highest BCUT2D eigenvalue weighted by Crippen LogP contribution is 2.40. The van der Waals surface area contributed by atoms with Crippen molar-refractivity contribution in [2.24, 2.45) is 0 Å². The molecule has 1 saturated heterocycles.